The first kappa shape index (κ1) is 24.5. The molecule has 0 saturated carbocycles. The van der Waals surface area contributed by atoms with E-state index in [-0.39, 0.29) is 12.5 Å². The third kappa shape index (κ3) is 8.06. The van der Waals surface area contributed by atoms with Gasteiger partial charge in [-0.2, -0.15) is 5.10 Å². The fourth-order valence-corrected chi connectivity index (χ4v) is 3.80. The van der Waals surface area contributed by atoms with E-state index in [1.165, 1.54) is 5.56 Å². The summed E-state index contributed by atoms with van der Waals surface area (Å²) in [5.41, 5.74) is 5.60. The van der Waals surface area contributed by atoms with Crippen LogP contribution in [0.4, 0.5) is 0 Å². The van der Waals surface area contributed by atoms with E-state index in [4.69, 9.17) is 9.47 Å². The lowest BCUT2D eigenvalue weighted by atomic mass is 9.97. The van der Waals surface area contributed by atoms with Gasteiger partial charge < -0.3 is 9.47 Å². The number of hydrazone groups is 1. The van der Waals surface area contributed by atoms with Crippen LogP contribution in [0.2, 0.25) is 0 Å². The second-order valence-corrected chi connectivity index (χ2v) is 8.71. The van der Waals surface area contributed by atoms with Gasteiger partial charge in [-0.05, 0) is 59.9 Å². The summed E-state index contributed by atoms with van der Waals surface area (Å²) < 4.78 is 12.5. The minimum absolute atomic E-state index is 0.109. The van der Waals surface area contributed by atoms with Crippen LogP contribution < -0.4 is 14.9 Å². The molecule has 3 aromatic rings. The van der Waals surface area contributed by atoms with Crippen molar-refractivity contribution in [3.05, 3.63) is 94.0 Å². The highest BCUT2D eigenvalue weighted by molar-refractivity contribution is 9.10. The monoisotopic (exact) mass is 508 g/mol. The number of amides is 1. The number of carbonyl (C=O) groups excluding carboxylic acids is 1. The maximum Gasteiger partial charge on any atom is 0.277 e. The molecular weight excluding hydrogens is 480 g/mol. The van der Waals surface area contributed by atoms with Crippen LogP contribution in [0, 0.1) is 0 Å². The number of nitrogens with zero attached hydrogens (tertiary/aromatic N) is 1. The molecule has 172 valence electrons. The van der Waals surface area contributed by atoms with Crippen molar-refractivity contribution in [3.63, 3.8) is 0 Å². The van der Waals surface area contributed by atoms with E-state index < -0.39 is 0 Å². The van der Waals surface area contributed by atoms with E-state index in [1.54, 1.807) is 6.21 Å². The molecule has 0 fully saturated rings. The normalized spacial score (nSPS) is 11.8. The predicted octanol–water partition coefficient (Wildman–Crippen LogP) is 6.46. The maximum absolute atomic E-state index is 12.1. The molecule has 3 aromatic carbocycles. The molecule has 33 heavy (non-hydrogen) atoms. The average molecular weight is 509 g/mol. The van der Waals surface area contributed by atoms with Gasteiger partial charge in [-0.3, -0.25) is 4.79 Å². The fraction of sp³-hybridized carbons (Fsp3) is 0.259. The second-order valence-electron chi connectivity index (χ2n) is 7.80. The highest BCUT2D eigenvalue weighted by Gasteiger charge is 2.06. The summed E-state index contributed by atoms with van der Waals surface area (Å²) in [4.78, 5) is 12.1. The van der Waals surface area contributed by atoms with Crippen LogP contribution in [-0.2, 0) is 11.4 Å². The Morgan fingerprint density at radius 3 is 2.61 bits per heavy atom. The summed E-state index contributed by atoms with van der Waals surface area (Å²) in [5, 5.41) is 4.05. The molecule has 0 aliphatic heterocycles. The first-order chi connectivity index (χ1) is 16.0. The highest BCUT2D eigenvalue weighted by atomic mass is 79.9. The third-order valence-electron chi connectivity index (χ3n) is 5.14. The lowest BCUT2D eigenvalue weighted by Crippen LogP contribution is -2.24. The molecule has 0 spiro atoms. The molecule has 1 unspecified atom stereocenters. The fourth-order valence-electron chi connectivity index (χ4n) is 3.35. The molecule has 1 amide bonds. The zero-order valence-corrected chi connectivity index (χ0v) is 20.5. The zero-order chi connectivity index (χ0) is 23.5. The number of nitrogens with one attached hydrogen (secondary N) is 1. The smallest absolute Gasteiger partial charge is 0.277 e. The van der Waals surface area contributed by atoms with Crippen molar-refractivity contribution in [3.8, 4) is 11.5 Å². The molecule has 0 aromatic heterocycles. The predicted molar refractivity (Wildman–Crippen MR) is 136 cm³/mol. The Bertz CT molecular complexity index is 1070. The SMILES string of the molecule is CCCC(C)c1ccc(OCC(=O)NN=Cc2ccccc2OCc2cccc(Br)c2)cc1. The molecule has 5 nitrogen and oxygen atoms in total. The summed E-state index contributed by atoms with van der Waals surface area (Å²) in [7, 11) is 0. The van der Waals surface area contributed by atoms with Crippen molar-refractivity contribution >= 4 is 28.1 Å². The number of halogens is 1. The molecule has 1 atom stereocenters. The van der Waals surface area contributed by atoms with E-state index in [2.05, 4.69) is 52.4 Å². The number of benzene rings is 3. The van der Waals surface area contributed by atoms with Gasteiger partial charge >= 0.3 is 0 Å². The van der Waals surface area contributed by atoms with Crippen molar-refractivity contribution in [2.75, 3.05) is 6.61 Å². The lowest BCUT2D eigenvalue weighted by Gasteiger charge is -2.11. The van der Waals surface area contributed by atoms with Crippen LogP contribution in [0.25, 0.3) is 0 Å². The molecule has 0 aliphatic rings. The number of rotatable bonds is 11. The van der Waals surface area contributed by atoms with Crippen molar-refractivity contribution in [2.24, 2.45) is 5.10 Å². The number of carbonyl (C=O) groups is 1. The van der Waals surface area contributed by atoms with E-state index >= 15 is 0 Å². The molecule has 6 heteroatoms. The Morgan fingerprint density at radius 1 is 1.06 bits per heavy atom. The van der Waals surface area contributed by atoms with Gasteiger partial charge in [-0.15, -0.1) is 0 Å². The topological polar surface area (TPSA) is 59.9 Å². The molecule has 0 aliphatic carbocycles. The van der Waals surface area contributed by atoms with E-state index in [9.17, 15) is 4.79 Å². The standard InChI is InChI=1S/C27H29BrN2O3/c1-3-7-20(2)22-12-14-25(15-13-22)32-19-27(31)30-29-17-23-9-4-5-11-26(23)33-18-21-8-6-10-24(28)16-21/h4-6,8-17,20H,3,7,18-19H2,1-2H3,(H,30,31). The Balaban J connectivity index is 1.48. The minimum atomic E-state index is -0.331. The quantitative estimate of drug-likeness (QED) is 0.238. The summed E-state index contributed by atoms with van der Waals surface area (Å²) in [5.74, 6) is 1.53. The molecule has 1 N–H and O–H groups in total. The average Bonchev–Trinajstić information content (AvgIpc) is 2.82. The first-order valence-electron chi connectivity index (χ1n) is 11.1. The van der Waals surface area contributed by atoms with Gasteiger partial charge in [0.05, 0.1) is 6.21 Å². The van der Waals surface area contributed by atoms with Crippen molar-refractivity contribution < 1.29 is 14.3 Å². The molecule has 0 radical (unpaired) electrons. The zero-order valence-electron chi connectivity index (χ0n) is 19.0. The number of para-hydroxylation sites is 1. The first-order valence-corrected chi connectivity index (χ1v) is 11.9. The molecule has 0 bridgehead atoms. The van der Waals surface area contributed by atoms with Crippen LogP contribution in [0.15, 0.2) is 82.4 Å². The highest BCUT2D eigenvalue weighted by Crippen LogP contribution is 2.23. The van der Waals surface area contributed by atoms with Crippen LogP contribution in [0.3, 0.4) is 0 Å². The molecule has 0 saturated heterocycles. The van der Waals surface area contributed by atoms with Gasteiger partial charge in [0, 0.05) is 10.0 Å². The Morgan fingerprint density at radius 2 is 1.85 bits per heavy atom. The number of hydrogen-bond donors (Lipinski definition) is 1. The van der Waals surface area contributed by atoms with Gasteiger partial charge in [0.15, 0.2) is 6.61 Å². The van der Waals surface area contributed by atoms with E-state index in [0.29, 0.717) is 24.0 Å². The van der Waals surface area contributed by atoms with Crippen LogP contribution in [0.5, 0.6) is 11.5 Å². The Labute approximate surface area is 204 Å². The summed E-state index contributed by atoms with van der Waals surface area (Å²) in [6, 6.07) is 23.4. The van der Waals surface area contributed by atoms with Gasteiger partial charge in [0.2, 0.25) is 0 Å². The minimum Gasteiger partial charge on any atom is -0.488 e. The summed E-state index contributed by atoms with van der Waals surface area (Å²) >= 11 is 3.47. The summed E-state index contributed by atoms with van der Waals surface area (Å²) in [6.45, 7) is 4.72. The van der Waals surface area contributed by atoms with Crippen molar-refractivity contribution in [2.45, 2.75) is 39.2 Å². The Hall–Kier alpha value is -3.12. The maximum atomic E-state index is 12.1. The van der Waals surface area contributed by atoms with Gasteiger partial charge in [0.1, 0.15) is 18.1 Å². The number of hydrogen-bond acceptors (Lipinski definition) is 4. The number of ether oxygens (including phenoxy) is 2. The largest absolute Gasteiger partial charge is 0.488 e. The molecule has 3 rings (SSSR count). The van der Waals surface area contributed by atoms with Crippen LogP contribution in [-0.4, -0.2) is 18.7 Å². The van der Waals surface area contributed by atoms with Gasteiger partial charge in [-0.1, -0.05) is 72.6 Å². The van der Waals surface area contributed by atoms with Crippen LogP contribution in [0.1, 0.15) is 49.3 Å². The van der Waals surface area contributed by atoms with Gasteiger partial charge in [-0.25, -0.2) is 5.43 Å². The second kappa shape index (κ2) is 12.8. The van der Waals surface area contributed by atoms with Gasteiger partial charge in [0.25, 0.3) is 5.91 Å². The van der Waals surface area contributed by atoms with Crippen molar-refractivity contribution in [1.82, 2.24) is 5.43 Å². The molecule has 0 heterocycles. The van der Waals surface area contributed by atoms with Crippen molar-refractivity contribution in [1.29, 1.82) is 0 Å². The lowest BCUT2D eigenvalue weighted by molar-refractivity contribution is -0.123. The van der Waals surface area contributed by atoms with E-state index in [0.717, 1.165) is 28.4 Å². The van der Waals surface area contributed by atoms with E-state index in [1.807, 2.05) is 60.7 Å². The Kier molecular flexibility index (Phi) is 9.51. The third-order valence-corrected chi connectivity index (χ3v) is 5.63. The molecular formula is C27H29BrN2O3. The summed E-state index contributed by atoms with van der Waals surface area (Å²) in [6.07, 6.45) is 3.87. The van der Waals surface area contributed by atoms with Crippen LogP contribution >= 0.6 is 15.9 Å².